The van der Waals surface area contributed by atoms with Crippen LogP contribution in [0.5, 0.6) is 5.75 Å². The molecule has 21 heavy (non-hydrogen) atoms. The van der Waals surface area contributed by atoms with E-state index in [0.717, 1.165) is 37.0 Å². The van der Waals surface area contributed by atoms with Crippen LogP contribution in [0.1, 0.15) is 35.9 Å². The van der Waals surface area contributed by atoms with Crippen LogP contribution in [0.25, 0.3) is 0 Å². The second kappa shape index (κ2) is 7.78. The fourth-order valence-corrected chi connectivity index (χ4v) is 2.13. The smallest absolute Gasteiger partial charge is 0.172 e. The largest absolute Gasteiger partial charge is 0.492 e. The first kappa shape index (κ1) is 15.5. The Morgan fingerprint density at radius 2 is 2.10 bits per heavy atom. The summed E-state index contributed by atoms with van der Waals surface area (Å²) >= 11 is 5.82. The van der Waals surface area contributed by atoms with Gasteiger partial charge in [-0.1, -0.05) is 30.2 Å². The summed E-state index contributed by atoms with van der Waals surface area (Å²) in [6, 6.07) is 7.20. The molecule has 0 unspecified atom stereocenters. The summed E-state index contributed by atoms with van der Waals surface area (Å²) in [5.74, 6) is 0.755. The van der Waals surface area contributed by atoms with Crippen LogP contribution in [0.2, 0.25) is 5.02 Å². The van der Waals surface area contributed by atoms with Gasteiger partial charge in [-0.05, 0) is 37.1 Å². The van der Waals surface area contributed by atoms with Crippen LogP contribution in [-0.2, 0) is 13.0 Å². The van der Waals surface area contributed by atoms with Crippen LogP contribution in [0, 0.1) is 0 Å². The molecule has 0 fully saturated rings. The minimum atomic E-state index is 0.426. The standard InChI is InChI=1S/C15H18ClN3O2/c1-2-3-4-15-14(11-20)17-18-19(15)9-10-21-13-7-5-12(16)6-8-13/h5-8,11H,2-4,9-10H2,1H3. The van der Waals surface area contributed by atoms with Crippen molar-refractivity contribution in [3.05, 3.63) is 40.7 Å². The molecule has 0 aliphatic heterocycles. The van der Waals surface area contributed by atoms with Crippen molar-refractivity contribution >= 4 is 17.9 Å². The first-order valence-corrected chi connectivity index (χ1v) is 7.38. The maximum absolute atomic E-state index is 11.0. The van der Waals surface area contributed by atoms with Gasteiger partial charge >= 0.3 is 0 Å². The van der Waals surface area contributed by atoms with Crippen molar-refractivity contribution in [3.8, 4) is 5.75 Å². The molecular formula is C15H18ClN3O2. The van der Waals surface area contributed by atoms with Crippen molar-refractivity contribution in [3.63, 3.8) is 0 Å². The molecule has 6 heteroatoms. The molecule has 1 heterocycles. The molecule has 0 aliphatic carbocycles. The number of rotatable bonds is 8. The maximum Gasteiger partial charge on any atom is 0.172 e. The summed E-state index contributed by atoms with van der Waals surface area (Å²) in [5, 5.41) is 8.59. The highest BCUT2D eigenvalue weighted by atomic mass is 35.5. The molecule has 112 valence electrons. The van der Waals surface area contributed by atoms with Crippen LogP contribution < -0.4 is 4.74 Å². The minimum Gasteiger partial charge on any atom is -0.492 e. The van der Waals surface area contributed by atoms with Gasteiger partial charge in [-0.2, -0.15) is 0 Å². The fraction of sp³-hybridized carbons (Fsp3) is 0.400. The molecule has 0 N–H and O–H groups in total. The van der Waals surface area contributed by atoms with Crippen LogP contribution in [0.4, 0.5) is 0 Å². The molecule has 0 saturated heterocycles. The highest BCUT2D eigenvalue weighted by molar-refractivity contribution is 6.30. The second-order valence-electron chi connectivity index (χ2n) is 4.67. The monoisotopic (exact) mass is 307 g/mol. The first-order chi connectivity index (χ1) is 10.2. The summed E-state index contributed by atoms with van der Waals surface area (Å²) in [6.45, 7) is 3.13. The van der Waals surface area contributed by atoms with E-state index in [-0.39, 0.29) is 0 Å². The van der Waals surface area contributed by atoms with Gasteiger partial charge in [0.2, 0.25) is 0 Å². The zero-order chi connectivity index (χ0) is 15.1. The summed E-state index contributed by atoms with van der Waals surface area (Å²) in [5.41, 5.74) is 1.31. The number of hydrogen-bond acceptors (Lipinski definition) is 4. The number of halogens is 1. The Labute approximate surface area is 128 Å². The van der Waals surface area contributed by atoms with Gasteiger partial charge in [0.05, 0.1) is 12.2 Å². The molecule has 5 nitrogen and oxygen atoms in total. The maximum atomic E-state index is 11.0. The first-order valence-electron chi connectivity index (χ1n) is 7.00. The normalized spacial score (nSPS) is 10.6. The highest BCUT2D eigenvalue weighted by Crippen LogP contribution is 2.15. The van der Waals surface area contributed by atoms with E-state index >= 15 is 0 Å². The lowest BCUT2D eigenvalue weighted by molar-refractivity contribution is 0.111. The minimum absolute atomic E-state index is 0.426. The van der Waals surface area contributed by atoms with Gasteiger partial charge in [-0.3, -0.25) is 4.79 Å². The summed E-state index contributed by atoms with van der Waals surface area (Å²) in [6.07, 6.45) is 3.63. The molecule has 1 aromatic carbocycles. The second-order valence-corrected chi connectivity index (χ2v) is 5.10. The van der Waals surface area contributed by atoms with Crippen molar-refractivity contribution in [2.75, 3.05) is 6.61 Å². The predicted molar refractivity (Wildman–Crippen MR) is 81.0 cm³/mol. The Balaban J connectivity index is 1.94. The van der Waals surface area contributed by atoms with Crippen molar-refractivity contribution in [2.45, 2.75) is 32.7 Å². The lowest BCUT2D eigenvalue weighted by atomic mass is 10.2. The summed E-state index contributed by atoms with van der Waals surface area (Å²) in [4.78, 5) is 11.0. The molecular weight excluding hydrogens is 290 g/mol. The number of unbranched alkanes of at least 4 members (excludes halogenated alkanes) is 1. The van der Waals surface area contributed by atoms with E-state index in [1.165, 1.54) is 0 Å². The van der Waals surface area contributed by atoms with E-state index in [0.29, 0.717) is 23.9 Å². The molecule has 0 bridgehead atoms. The van der Waals surface area contributed by atoms with Crippen molar-refractivity contribution < 1.29 is 9.53 Å². The molecule has 0 radical (unpaired) electrons. The van der Waals surface area contributed by atoms with Crippen LogP contribution in [0.15, 0.2) is 24.3 Å². The van der Waals surface area contributed by atoms with Gasteiger partial charge in [0, 0.05) is 5.02 Å². The van der Waals surface area contributed by atoms with E-state index < -0.39 is 0 Å². The summed E-state index contributed by atoms with van der Waals surface area (Å²) < 4.78 is 7.38. The Morgan fingerprint density at radius 3 is 2.76 bits per heavy atom. The van der Waals surface area contributed by atoms with E-state index in [9.17, 15) is 4.79 Å². The zero-order valence-electron chi connectivity index (χ0n) is 12.0. The van der Waals surface area contributed by atoms with E-state index in [1.807, 2.05) is 12.1 Å². The van der Waals surface area contributed by atoms with Gasteiger partial charge in [0.25, 0.3) is 0 Å². The highest BCUT2D eigenvalue weighted by Gasteiger charge is 2.11. The van der Waals surface area contributed by atoms with Crippen LogP contribution in [0.3, 0.4) is 0 Å². The SMILES string of the molecule is CCCCc1c(C=O)nnn1CCOc1ccc(Cl)cc1. The van der Waals surface area contributed by atoms with E-state index in [4.69, 9.17) is 16.3 Å². The Morgan fingerprint density at radius 1 is 1.33 bits per heavy atom. The van der Waals surface area contributed by atoms with Gasteiger partial charge in [0.15, 0.2) is 6.29 Å². The van der Waals surface area contributed by atoms with Crippen LogP contribution >= 0.6 is 11.6 Å². The van der Waals surface area contributed by atoms with Crippen molar-refractivity contribution in [1.82, 2.24) is 15.0 Å². The molecule has 0 atom stereocenters. The summed E-state index contributed by atoms with van der Waals surface area (Å²) in [7, 11) is 0. The molecule has 0 spiro atoms. The average Bonchev–Trinajstić information content (AvgIpc) is 2.89. The average molecular weight is 308 g/mol. The number of carbonyl (C=O) groups is 1. The number of benzene rings is 1. The Hall–Kier alpha value is -1.88. The number of ether oxygens (including phenoxy) is 1. The zero-order valence-corrected chi connectivity index (χ0v) is 12.7. The Bertz CT molecular complexity index is 581. The number of hydrogen-bond donors (Lipinski definition) is 0. The topological polar surface area (TPSA) is 57.0 Å². The number of carbonyl (C=O) groups excluding carboxylic acids is 1. The van der Waals surface area contributed by atoms with Crippen molar-refractivity contribution in [2.24, 2.45) is 0 Å². The predicted octanol–water partition coefficient (Wildman–Crippen LogP) is 3.17. The third kappa shape index (κ3) is 4.29. The Kier molecular flexibility index (Phi) is 5.75. The van der Waals surface area contributed by atoms with E-state index in [1.54, 1.807) is 16.8 Å². The van der Waals surface area contributed by atoms with Gasteiger partial charge < -0.3 is 4.74 Å². The third-order valence-electron chi connectivity index (χ3n) is 3.13. The van der Waals surface area contributed by atoms with Gasteiger partial charge in [-0.25, -0.2) is 4.68 Å². The van der Waals surface area contributed by atoms with Crippen molar-refractivity contribution in [1.29, 1.82) is 0 Å². The number of aromatic nitrogens is 3. The van der Waals surface area contributed by atoms with Crippen LogP contribution in [-0.4, -0.2) is 27.9 Å². The quantitative estimate of drug-likeness (QED) is 0.703. The fourth-order valence-electron chi connectivity index (χ4n) is 2.00. The number of aldehydes is 1. The van der Waals surface area contributed by atoms with E-state index in [2.05, 4.69) is 17.2 Å². The molecule has 0 amide bonds. The third-order valence-corrected chi connectivity index (χ3v) is 3.38. The molecule has 0 aliphatic rings. The molecule has 0 saturated carbocycles. The lowest BCUT2D eigenvalue weighted by Crippen LogP contribution is -2.13. The molecule has 2 aromatic rings. The molecule has 1 aromatic heterocycles. The van der Waals surface area contributed by atoms with Gasteiger partial charge in [-0.15, -0.1) is 5.10 Å². The van der Waals surface area contributed by atoms with Gasteiger partial charge in [0.1, 0.15) is 18.1 Å². The lowest BCUT2D eigenvalue weighted by Gasteiger charge is -2.08. The number of nitrogens with zero attached hydrogens (tertiary/aromatic N) is 3. The molecule has 2 rings (SSSR count).